The van der Waals surface area contributed by atoms with E-state index in [1.165, 1.54) is 4.88 Å². The Hall–Kier alpha value is -1.31. The Balaban J connectivity index is 1.93. The van der Waals surface area contributed by atoms with Crippen LogP contribution in [0, 0.1) is 6.92 Å². The summed E-state index contributed by atoms with van der Waals surface area (Å²) >= 11 is 1.69. The molecule has 19 heavy (non-hydrogen) atoms. The molecule has 2 heterocycles. The van der Waals surface area contributed by atoms with Gasteiger partial charge < -0.3 is 9.30 Å². The molecule has 0 aliphatic carbocycles. The molecule has 0 unspecified atom stereocenters. The molecule has 2 aromatic heterocycles. The third-order valence-electron chi connectivity index (χ3n) is 2.90. The van der Waals surface area contributed by atoms with Gasteiger partial charge in [-0.1, -0.05) is 0 Å². The van der Waals surface area contributed by atoms with Crippen LogP contribution in [0.2, 0.25) is 0 Å². The SMILES string of the molecule is COCCn1cnnc1CN(C)Cc1scnc1C. The molecule has 0 amide bonds. The summed E-state index contributed by atoms with van der Waals surface area (Å²) in [6.45, 7) is 5.14. The van der Waals surface area contributed by atoms with Crippen molar-refractivity contribution in [1.29, 1.82) is 0 Å². The fourth-order valence-corrected chi connectivity index (χ4v) is 2.65. The molecule has 0 atom stereocenters. The second-order valence-corrected chi connectivity index (χ2v) is 5.41. The first-order valence-corrected chi connectivity index (χ1v) is 7.01. The molecule has 0 N–H and O–H groups in total. The molecule has 6 nitrogen and oxygen atoms in total. The van der Waals surface area contributed by atoms with Crippen LogP contribution >= 0.6 is 11.3 Å². The quantitative estimate of drug-likeness (QED) is 0.766. The summed E-state index contributed by atoms with van der Waals surface area (Å²) in [6, 6.07) is 0. The lowest BCUT2D eigenvalue weighted by molar-refractivity contribution is 0.184. The molecule has 2 rings (SSSR count). The molecule has 2 aromatic rings. The predicted octanol–water partition coefficient (Wildman–Crippen LogP) is 1.32. The smallest absolute Gasteiger partial charge is 0.147 e. The lowest BCUT2D eigenvalue weighted by atomic mass is 10.3. The van der Waals surface area contributed by atoms with E-state index in [1.54, 1.807) is 24.8 Å². The minimum atomic E-state index is 0.669. The van der Waals surface area contributed by atoms with Crippen LogP contribution in [0.15, 0.2) is 11.8 Å². The van der Waals surface area contributed by atoms with Gasteiger partial charge >= 0.3 is 0 Å². The predicted molar refractivity (Wildman–Crippen MR) is 73.9 cm³/mol. The second-order valence-electron chi connectivity index (χ2n) is 4.47. The zero-order valence-electron chi connectivity index (χ0n) is 11.5. The molecule has 0 saturated carbocycles. The Kier molecular flexibility index (Phi) is 5.00. The van der Waals surface area contributed by atoms with Crippen LogP contribution in [0.3, 0.4) is 0 Å². The molecule has 0 aromatic carbocycles. The summed E-state index contributed by atoms with van der Waals surface area (Å²) in [5, 5.41) is 8.13. The van der Waals surface area contributed by atoms with Crippen molar-refractivity contribution in [2.45, 2.75) is 26.6 Å². The Morgan fingerprint density at radius 2 is 2.26 bits per heavy atom. The van der Waals surface area contributed by atoms with E-state index in [9.17, 15) is 0 Å². The van der Waals surface area contributed by atoms with Gasteiger partial charge in [-0.25, -0.2) is 4.98 Å². The molecule has 0 bridgehead atoms. The number of hydrogen-bond donors (Lipinski definition) is 0. The summed E-state index contributed by atoms with van der Waals surface area (Å²) in [7, 11) is 3.78. The first kappa shape index (κ1) is 14.1. The third kappa shape index (κ3) is 3.82. The van der Waals surface area contributed by atoms with Gasteiger partial charge in [0.15, 0.2) is 0 Å². The molecule has 0 aliphatic heterocycles. The molecule has 7 heteroatoms. The van der Waals surface area contributed by atoms with Gasteiger partial charge in [0.2, 0.25) is 0 Å². The fraction of sp³-hybridized carbons (Fsp3) is 0.583. The summed E-state index contributed by atoms with van der Waals surface area (Å²) < 4.78 is 7.11. The third-order valence-corrected chi connectivity index (χ3v) is 3.82. The highest BCUT2D eigenvalue weighted by Gasteiger charge is 2.10. The average molecular weight is 281 g/mol. The standard InChI is InChI=1S/C12H19N5OS/c1-10-11(19-9-13-10)6-16(2)7-12-15-14-8-17(12)4-5-18-3/h8-9H,4-7H2,1-3H3. The number of aryl methyl sites for hydroxylation is 1. The van der Waals surface area contributed by atoms with Crippen LogP contribution in [0.25, 0.3) is 0 Å². The maximum absolute atomic E-state index is 5.08. The maximum atomic E-state index is 5.08. The van der Waals surface area contributed by atoms with Crippen molar-refractivity contribution < 1.29 is 4.74 Å². The first-order valence-electron chi connectivity index (χ1n) is 6.14. The zero-order chi connectivity index (χ0) is 13.7. The van der Waals surface area contributed by atoms with Gasteiger partial charge in [-0.15, -0.1) is 21.5 Å². The summed E-state index contributed by atoms with van der Waals surface area (Å²) in [5.74, 6) is 0.960. The van der Waals surface area contributed by atoms with Gasteiger partial charge in [0.1, 0.15) is 12.2 Å². The van der Waals surface area contributed by atoms with E-state index in [0.717, 1.165) is 31.2 Å². The van der Waals surface area contributed by atoms with Crippen molar-refractivity contribution in [3.8, 4) is 0 Å². The molecule has 0 radical (unpaired) electrons. The molecule has 0 saturated heterocycles. The molecular formula is C12H19N5OS. The van der Waals surface area contributed by atoms with Crippen LogP contribution < -0.4 is 0 Å². The van der Waals surface area contributed by atoms with Crippen molar-refractivity contribution >= 4 is 11.3 Å². The number of ether oxygens (including phenoxy) is 1. The fourth-order valence-electron chi connectivity index (χ4n) is 1.80. The highest BCUT2D eigenvalue weighted by molar-refractivity contribution is 7.09. The Bertz CT molecular complexity index is 510. The zero-order valence-corrected chi connectivity index (χ0v) is 12.4. The second kappa shape index (κ2) is 6.74. The van der Waals surface area contributed by atoms with Crippen molar-refractivity contribution in [3.05, 3.63) is 28.2 Å². The number of nitrogens with zero attached hydrogens (tertiary/aromatic N) is 5. The van der Waals surface area contributed by atoms with Crippen LogP contribution in [-0.2, 0) is 24.4 Å². The molecule has 104 valence electrons. The molecular weight excluding hydrogens is 262 g/mol. The van der Waals surface area contributed by atoms with E-state index in [-0.39, 0.29) is 0 Å². The summed E-state index contributed by atoms with van der Waals surface area (Å²) in [4.78, 5) is 7.78. The Labute approximate surface area is 117 Å². The van der Waals surface area contributed by atoms with E-state index < -0.39 is 0 Å². The number of rotatable bonds is 7. The topological polar surface area (TPSA) is 56.1 Å². The van der Waals surface area contributed by atoms with Crippen LogP contribution in [0.4, 0.5) is 0 Å². The van der Waals surface area contributed by atoms with E-state index >= 15 is 0 Å². The Morgan fingerprint density at radius 1 is 1.42 bits per heavy atom. The minimum absolute atomic E-state index is 0.669. The summed E-state index contributed by atoms with van der Waals surface area (Å²) in [5.41, 5.74) is 3.00. The normalized spacial score (nSPS) is 11.4. The minimum Gasteiger partial charge on any atom is -0.383 e. The van der Waals surface area contributed by atoms with E-state index in [2.05, 4.69) is 27.1 Å². The lowest BCUT2D eigenvalue weighted by Gasteiger charge is -2.16. The monoisotopic (exact) mass is 281 g/mol. The van der Waals surface area contributed by atoms with Crippen LogP contribution in [0.1, 0.15) is 16.4 Å². The van der Waals surface area contributed by atoms with Crippen molar-refractivity contribution in [1.82, 2.24) is 24.6 Å². The van der Waals surface area contributed by atoms with Crippen LogP contribution in [-0.4, -0.2) is 45.4 Å². The molecule has 0 aliphatic rings. The van der Waals surface area contributed by atoms with Gasteiger partial charge in [-0.2, -0.15) is 0 Å². The maximum Gasteiger partial charge on any atom is 0.147 e. The Morgan fingerprint density at radius 3 is 2.95 bits per heavy atom. The van der Waals surface area contributed by atoms with E-state index in [4.69, 9.17) is 4.74 Å². The van der Waals surface area contributed by atoms with Crippen LogP contribution in [0.5, 0.6) is 0 Å². The summed E-state index contributed by atoms with van der Waals surface area (Å²) in [6.07, 6.45) is 1.75. The van der Waals surface area contributed by atoms with Gasteiger partial charge in [-0.3, -0.25) is 4.90 Å². The van der Waals surface area contributed by atoms with Crippen molar-refractivity contribution in [2.75, 3.05) is 20.8 Å². The number of thiazole rings is 1. The first-order chi connectivity index (χ1) is 9.20. The lowest BCUT2D eigenvalue weighted by Crippen LogP contribution is -2.20. The number of aromatic nitrogens is 4. The number of hydrogen-bond acceptors (Lipinski definition) is 6. The van der Waals surface area contributed by atoms with Gasteiger partial charge in [0, 0.05) is 25.1 Å². The van der Waals surface area contributed by atoms with Crippen molar-refractivity contribution in [2.24, 2.45) is 0 Å². The van der Waals surface area contributed by atoms with Crippen molar-refractivity contribution in [3.63, 3.8) is 0 Å². The van der Waals surface area contributed by atoms with Gasteiger partial charge in [0.25, 0.3) is 0 Å². The average Bonchev–Trinajstić information content (AvgIpc) is 2.97. The number of methoxy groups -OCH3 is 1. The highest BCUT2D eigenvalue weighted by Crippen LogP contribution is 2.15. The highest BCUT2D eigenvalue weighted by atomic mass is 32.1. The van der Waals surface area contributed by atoms with Gasteiger partial charge in [0.05, 0.1) is 24.4 Å². The largest absolute Gasteiger partial charge is 0.383 e. The van der Waals surface area contributed by atoms with E-state index in [0.29, 0.717) is 6.61 Å². The van der Waals surface area contributed by atoms with Gasteiger partial charge in [-0.05, 0) is 14.0 Å². The molecule has 0 fully saturated rings. The van der Waals surface area contributed by atoms with E-state index in [1.807, 2.05) is 17.0 Å². The molecule has 0 spiro atoms.